The minimum absolute atomic E-state index is 0.113. The second kappa shape index (κ2) is 6.51. The molecule has 0 aliphatic rings. The molecule has 0 saturated heterocycles. The van der Waals surface area contributed by atoms with Gasteiger partial charge in [0.15, 0.2) is 0 Å². The average molecular weight is 335 g/mol. The van der Waals surface area contributed by atoms with Crippen molar-refractivity contribution in [1.29, 1.82) is 5.26 Å². The molecule has 1 unspecified atom stereocenters. The Morgan fingerprint density at radius 3 is 2.65 bits per heavy atom. The van der Waals surface area contributed by atoms with E-state index in [4.69, 9.17) is 15.7 Å². The highest BCUT2D eigenvalue weighted by Gasteiger charge is 2.17. The van der Waals surface area contributed by atoms with Crippen molar-refractivity contribution in [1.82, 2.24) is 0 Å². The lowest BCUT2D eigenvalue weighted by Gasteiger charge is -2.19. The Kier molecular flexibility index (Phi) is 4.72. The Morgan fingerprint density at radius 1 is 1.25 bits per heavy atom. The van der Waals surface area contributed by atoms with Crippen LogP contribution >= 0.6 is 15.9 Å². The normalized spacial score (nSPS) is 11.7. The maximum Gasteiger partial charge on any atom is 0.144 e. The second-order valence-corrected chi connectivity index (χ2v) is 4.94. The molecule has 0 aliphatic carbocycles. The van der Waals surface area contributed by atoms with Gasteiger partial charge in [-0.1, -0.05) is 40.2 Å². The number of benzene rings is 2. The van der Waals surface area contributed by atoms with Gasteiger partial charge in [0.1, 0.15) is 29.3 Å². The molecule has 0 radical (unpaired) electrons. The molecule has 0 aliphatic heterocycles. The molecule has 2 N–H and O–H groups in total. The Morgan fingerprint density at radius 2 is 2.00 bits per heavy atom. The molecular weight excluding hydrogens is 323 g/mol. The molecule has 102 valence electrons. The Hall–Kier alpha value is -1.90. The first-order valence-corrected chi connectivity index (χ1v) is 6.76. The summed E-state index contributed by atoms with van der Waals surface area (Å²) in [5.74, 6) is -0.411. The molecule has 3 nitrogen and oxygen atoms in total. The van der Waals surface area contributed by atoms with E-state index in [0.29, 0.717) is 0 Å². The SMILES string of the molecule is N#Cc1c(F)cccc1OC(CN)c1ccccc1Br. The van der Waals surface area contributed by atoms with Gasteiger partial charge in [-0.15, -0.1) is 0 Å². The number of rotatable bonds is 4. The molecule has 2 aromatic rings. The third-order valence-electron chi connectivity index (χ3n) is 2.82. The van der Waals surface area contributed by atoms with E-state index in [9.17, 15) is 4.39 Å². The van der Waals surface area contributed by atoms with Crippen molar-refractivity contribution in [3.63, 3.8) is 0 Å². The lowest BCUT2D eigenvalue weighted by Crippen LogP contribution is -2.19. The van der Waals surface area contributed by atoms with Gasteiger partial charge in [-0.05, 0) is 18.2 Å². The fourth-order valence-electron chi connectivity index (χ4n) is 1.84. The smallest absolute Gasteiger partial charge is 0.144 e. The zero-order valence-electron chi connectivity index (χ0n) is 10.5. The Bertz CT molecular complexity index is 655. The minimum atomic E-state index is -0.604. The molecule has 2 rings (SSSR count). The van der Waals surface area contributed by atoms with E-state index in [-0.39, 0.29) is 17.9 Å². The minimum Gasteiger partial charge on any atom is -0.483 e. The summed E-state index contributed by atoms with van der Waals surface area (Å²) in [5.41, 5.74) is 6.47. The fourth-order valence-corrected chi connectivity index (χ4v) is 2.38. The summed E-state index contributed by atoms with van der Waals surface area (Å²) in [7, 11) is 0. The zero-order valence-corrected chi connectivity index (χ0v) is 12.1. The lowest BCUT2D eigenvalue weighted by atomic mass is 10.1. The maximum absolute atomic E-state index is 13.5. The molecule has 0 bridgehead atoms. The number of halogens is 2. The average Bonchev–Trinajstić information content (AvgIpc) is 2.46. The predicted molar refractivity (Wildman–Crippen MR) is 77.7 cm³/mol. The van der Waals surface area contributed by atoms with Crippen molar-refractivity contribution in [2.24, 2.45) is 5.73 Å². The van der Waals surface area contributed by atoms with Crippen LogP contribution in [0.2, 0.25) is 0 Å². The highest BCUT2D eigenvalue weighted by molar-refractivity contribution is 9.10. The summed E-state index contributed by atoms with van der Waals surface area (Å²) < 4.78 is 20.1. The van der Waals surface area contributed by atoms with Gasteiger partial charge in [-0.2, -0.15) is 5.26 Å². The van der Waals surface area contributed by atoms with Crippen LogP contribution in [0.25, 0.3) is 0 Å². The van der Waals surface area contributed by atoms with Crippen LogP contribution in [0.5, 0.6) is 5.75 Å². The van der Waals surface area contributed by atoms with Crippen LogP contribution in [0.4, 0.5) is 4.39 Å². The standard InChI is InChI=1S/C15H12BrFN2O/c16-12-5-2-1-4-10(12)15(9-19)20-14-7-3-6-13(17)11(14)8-18/h1-7,15H,9,19H2. The van der Waals surface area contributed by atoms with E-state index >= 15 is 0 Å². The van der Waals surface area contributed by atoms with Crippen molar-refractivity contribution in [2.45, 2.75) is 6.10 Å². The number of hydrogen-bond donors (Lipinski definition) is 1. The summed E-state index contributed by atoms with van der Waals surface area (Å²) in [6.45, 7) is 0.212. The summed E-state index contributed by atoms with van der Waals surface area (Å²) in [6.07, 6.45) is -0.459. The van der Waals surface area contributed by atoms with Crippen molar-refractivity contribution < 1.29 is 9.13 Å². The quantitative estimate of drug-likeness (QED) is 0.930. The lowest BCUT2D eigenvalue weighted by molar-refractivity contribution is 0.212. The largest absolute Gasteiger partial charge is 0.483 e. The topological polar surface area (TPSA) is 59.0 Å². The summed E-state index contributed by atoms with van der Waals surface area (Å²) in [5, 5.41) is 9.00. The van der Waals surface area contributed by atoms with Gasteiger partial charge in [0, 0.05) is 16.6 Å². The van der Waals surface area contributed by atoms with E-state index in [1.54, 1.807) is 12.1 Å². The molecule has 20 heavy (non-hydrogen) atoms. The Labute approximate surface area is 124 Å². The van der Waals surface area contributed by atoms with E-state index < -0.39 is 11.9 Å². The summed E-state index contributed by atoms with van der Waals surface area (Å²) in [6, 6.07) is 13.6. The first kappa shape index (κ1) is 14.5. The number of nitrogens with zero attached hydrogens (tertiary/aromatic N) is 1. The van der Waals surface area contributed by atoms with Crippen LogP contribution in [-0.2, 0) is 0 Å². The van der Waals surface area contributed by atoms with E-state index in [1.807, 2.05) is 24.3 Å². The van der Waals surface area contributed by atoms with Gasteiger partial charge in [-0.25, -0.2) is 4.39 Å². The molecule has 2 aromatic carbocycles. The number of hydrogen-bond acceptors (Lipinski definition) is 3. The molecule has 0 aromatic heterocycles. The van der Waals surface area contributed by atoms with Crippen LogP contribution in [-0.4, -0.2) is 6.54 Å². The molecule has 0 spiro atoms. The van der Waals surface area contributed by atoms with Crippen LogP contribution in [0.1, 0.15) is 17.2 Å². The highest BCUT2D eigenvalue weighted by Crippen LogP contribution is 2.29. The van der Waals surface area contributed by atoms with E-state index in [1.165, 1.54) is 12.1 Å². The first-order chi connectivity index (χ1) is 9.67. The third kappa shape index (κ3) is 2.98. The number of nitrogens with two attached hydrogens (primary N) is 1. The van der Waals surface area contributed by atoms with Crippen LogP contribution in [0, 0.1) is 17.1 Å². The van der Waals surface area contributed by atoms with Crippen molar-refractivity contribution >= 4 is 15.9 Å². The van der Waals surface area contributed by atoms with E-state index in [0.717, 1.165) is 10.0 Å². The van der Waals surface area contributed by atoms with Gasteiger partial charge in [0.2, 0.25) is 0 Å². The van der Waals surface area contributed by atoms with Crippen molar-refractivity contribution in [3.8, 4) is 11.8 Å². The van der Waals surface area contributed by atoms with Gasteiger partial charge in [0.25, 0.3) is 0 Å². The third-order valence-corrected chi connectivity index (χ3v) is 3.54. The first-order valence-electron chi connectivity index (χ1n) is 5.97. The summed E-state index contributed by atoms with van der Waals surface area (Å²) >= 11 is 3.43. The molecule has 1 atom stereocenters. The van der Waals surface area contributed by atoms with E-state index in [2.05, 4.69) is 15.9 Å². The Balaban J connectivity index is 2.35. The molecular formula is C15H12BrFN2O. The highest BCUT2D eigenvalue weighted by atomic mass is 79.9. The maximum atomic E-state index is 13.5. The fraction of sp³-hybridized carbons (Fsp3) is 0.133. The van der Waals surface area contributed by atoms with Crippen molar-refractivity contribution in [3.05, 3.63) is 63.9 Å². The van der Waals surface area contributed by atoms with Gasteiger partial charge in [0.05, 0.1) is 0 Å². The number of ether oxygens (including phenoxy) is 1. The molecule has 5 heteroatoms. The molecule has 0 heterocycles. The molecule has 0 amide bonds. The molecule has 0 fully saturated rings. The van der Waals surface area contributed by atoms with Crippen LogP contribution < -0.4 is 10.5 Å². The zero-order chi connectivity index (χ0) is 14.5. The monoisotopic (exact) mass is 334 g/mol. The predicted octanol–water partition coefficient (Wildman–Crippen LogP) is 3.54. The van der Waals surface area contributed by atoms with Crippen LogP contribution in [0.3, 0.4) is 0 Å². The summed E-state index contributed by atoms with van der Waals surface area (Å²) in [4.78, 5) is 0. The van der Waals surface area contributed by atoms with Crippen LogP contribution in [0.15, 0.2) is 46.9 Å². The van der Waals surface area contributed by atoms with Crippen molar-refractivity contribution in [2.75, 3.05) is 6.54 Å². The van der Waals surface area contributed by atoms with Gasteiger partial charge in [-0.3, -0.25) is 0 Å². The second-order valence-electron chi connectivity index (χ2n) is 4.09. The molecule has 0 saturated carbocycles. The van der Waals surface area contributed by atoms with Gasteiger partial charge >= 0.3 is 0 Å². The van der Waals surface area contributed by atoms with Gasteiger partial charge < -0.3 is 10.5 Å². The number of nitriles is 1.